The standard InChI is InChI=1S/C23H34O8S2/c24-22(19-1-3-20(4-2-19)23(25)26)21-17-32-15-13-30-11-9-28-7-5-27-6-8-29-10-12-31-14-16-33-18-21/h1-4,21H,5-18H2,(H,25,26). The number of ketones is 1. The molecule has 0 amide bonds. The highest BCUT2D eigenvalue weighted by molar-refractivity contribution is 8.00. The number of Topliss-reactive ketones (excluding diaryl/α,β-unsaturated/α-hetero) is 1. The Morgan fingerprint density at radius 3 is 1.39 bits per heavy atom. The van der Waals surface area contributed by atoms with E-state index in [0.717, 1.165) is 11.5 Å². The van der Waals surface area contributed by atoms with Crippen LogP contribution >= 0.6 is 23.5 Å². The van der Waals surface area contributed by atoms with Crippen LogP contribution in [0.2, 0.25) is 0 Å². The molecule has 0 aliphatic carbocycles. The molecule has 0 radical (unpaired) electrons. The lowest BCUT2D eigenvalue weighted by molar-refractivity contribution is -0.00903. The van der Waals surface area contributed by atoms with Crippen LogP contribution in [0.3, 0.4) is 0 Å². The van der Waals surface area contributed by atoms with Crippen LogP contribution in [0.1, 0.15) is 20.7 Å². The van der Waals surface area contributed by atoms with Crippen molar-refractivity contribution < 1.29 is 38.4 Å². The number of carboxylic acid groups (broad SMARTS) is 1. The van der Waals surface area contributed by atoms with Crippen molar-refractivity contribution >= 4 is 35.3 Å². The molecular formula is C23H34O8S2. The number of benzene rings is 1. The van der Waals surface area contributed by atoms with E-state index < -0.39 is 5.97 Å². The molecule has 1 aliphatic rings. The van der Waals surface area contributed by atoms with E-state index >= 15 is 0 Å². The number of hydrogen-bond acceptors (Lipinski definition) is 9. The molecule has 1 heterocycles. The third-order valence-electron chi connectivity index (χ3n) is 4.66. The van der Waals surface area contributed by atoms with Gasteiger partial charge >= 0.3 is 5.97 Å². The molecule has 1 aliphatic heterocycles. The van der Waals surface area contributed by atoms with Gasteiger partial charge < -0.3 is 28.8 Å². The average molecular weight is 503 g/mol. The first-order chi connectivity index (χ1) is 16.2. The zero-order valence-corrected chi connectivity index (χ0v) is 20.5. The van der Waals surface area contributed by atoms with Crippen LogP contribution in [0.5, 0.6) is 0 Å². The molecule has 0 bridgehead atoms. The summed E-state index contributed by atoms with van der Waals surface area (Å²) in [5, 5.41) is 9.07. The Bertz CT molecular complexity index is 649. The van der Waals surface area contributed by atoms with Crippen LogP contribution in [-0.4, -0.2) is 106 Å². The first kappa shape index (κ1) is 28.1. The molecule has 1 N–H and O–H groups in total. The summed E-state index contributed by atoms with van der Waals surface area (Å²) in [5.74, 6) is 1.80. The number of rotatable bonds is 3. The Hall–Kier alpha value is -1.14. The maximum Gasteiger partial charge on any atom is 0.335 e. The maximum atomic E-state index is 13.1. The summed E-state index contributed by atoms with van der Waals surface area (Å²) in [7, 11) is 0. The van der Waals surface area contributed by atoms with Gasteiger partial charge in [0.15, 0.2) is 5.78 Å². The van der Waals surface area contributed by atoms with Crippen molar-refractivity contribution in [3.05, 3.63) is 35.4 Å². The molecule has 1 saturated heterocycles. The van der Waals surface area contributed by atoms with E-state index in [2.05, 4.69) is 0 Å². The summed E-state index contributed by atoms with van der Waals surface area (Å²) < 4.78 is 27.5. The van der Waals surface area contributed by atoms with Gasteiger partial charge in [-0.1, -0.05) is 12.1 Å². The number of ether oxygens (including phenoxy) is 5. The monoisotopic (exact) mass is 502 g/mol. The van der Waals surface area contributed by atoms with Gasteiger partial charge in [0, 0.05) is 34.5 Å². The molecule has 0 saturated carbocycles. The van der Waals surface area contributed by atoms with Crippen molar-refractivity contribution in [2.45, 2.75) is 0 Å². The summed E-state index contributed by atoms with van der Waals surface area (Å²) in [6.45, 7) is 5.39. The zero-order valence-electron chi connectivity index (χ0n) is 18.9. The summed E-state index contributed by atoms with van der Waals surface area (Å²) in [6, 6.07) is 6.15. The van der Waals surface area contributed by atoms with Crippen LogP contribution in [0.25, 0.3) is 0 Å². The van der Waals surface area contributed by atoms with Gasteiger partial charge in [-0.3, -0.25) is 4.79 Å². The fourth-order valence-electron chi connectivity index (χ4n) is 2.88. The minimum absolute atomic E-state index is 0.0345. The average Bonchev–Trinajstić information content (AvgIpc) is 2.82. The van der Waals surface area contributed by atoms with Crippen LogP contribution < -0.4 is 0 Å². The van der Waals surface area contributed by atoms with E-state index in [-0.39, 0.29) is 17.3 Å². The Morgan fingerprint density at radius 2 is 1.00 bits per heavy atom. The summed E-state index contributed by atoms with van der Waals surface area (Å²) in [5.41, 5.74) is 0.714. The van der Waals surface area contributed by atoms with Crippen molar-refractivity contribution in [1.82, 2.24) is 0 Å². The van der Waals surface area contributed by atoms with E-state index in [4.69, 9.17) is 28.8 Å². The van der Waals surface area contributed by atoms with Gasteiger partial charge in [0.2, 0.25) is 0 Å². The molecule has 2 rings (SSSR count). The topological polar surface area (TPSA) is 101 Å². The second-order valence-electron chi connectivity index (χ2n) is 7.16. The Morgan fingerprint density at radius 1 is 0.636 bits per heavy atom. The number of carbonyl (C=O) groups is 2. The molecule has 0 unspecified atom stereocenters. The molecule has 0 aromatic heterocycles. The van der Waals surface area contributed by atoms with Crippen LogP contribution in [0.15, 0.2) is 24.3 Å². The second kappa shape index (κ2) is 18.2. The maximum absolute atomic E-state index is 13.1. The van der Waals surface area contributed by atoms with Crippen molar-refractivity contribution in [3.8, 4) is 0 Å². The molecule has 1 aromatic rings. The van der Waals surface area contributed by atoms with Crippen molar-refractivity contribution in [2.75, 3.05) is 89.1 Å². The Balaban J connectivity index is 1.84. The molecule has 186 valence electrons. The van der Waals surface area contributed by atoms with Gasteiger partial charge in [-0.2, -0.15) is 23.5 Å². The molecule has 0 spiro atoms. The highest BCUT2D eigenvalue weighted by Crippen LogP contribution is 2.20. The third kappa shape index (κ3) is 12.8. The quantitative estimate of drug-likeness (QED) is 0.621. The van der Waals surface area contributed by atoms with Gasteiger partial charge in [-0.05, 0) is 12.1 Å². The minimum atomic E-state index is -1.00. The highest BCUT2D eigenvalue weighted by atomic mass is 32.2. The van der Waals surface area contributed by atoms with Gasteiger partial charge in [0.1, 0.15) is 0 Å². The van der Waals surface area contributed by atoms with Crippen molar-refractivity contribution in [1.29, 1.82) is 0 Å². The Labute approximate surface area is 204 Å². The smallest absolute Gasteiger partial charge is 0.335 e. The zero-order chi connectivity index (χ0) is 23.6. The SMILES string of the molecule is O=C(O)c1ccc(C(=O)C2CSCCOCCOCCOCCOCCOCCSC2)cc1. The summed E-state index contributed by atoms with van der Waals surface area (Å²) >= 11 is 3.37. The highest BCUT2D eigenvalue weighted by Gasteiger charge is 2.20. The first-order valence-corrected chi connectivity index (χ1v) is 13.4. The van der Waals surface area contributed by atoms with Gasteiger partial charge in [0.25, 0.3) is 0 Å². The normalized spacial score (nSPS) is 20.2. The fourth-order valence-corrected chi connectivity index (χ4v) is 4.94. The molecule has 0 atom stereocenters. The number of carboxylic acids is 1. The van der Waals surface area contributed by atoms with Crippen LogP contribution in [-0.2, 0) is 23.7 Å². The van der Waals surface area contributed by atoms with E-state index in [1.807, 2.05) is 0 Å². The lowest BCUT2D eigenvalue weighted by Gasteiger charge is -2.16. The minimum Gasteiger partial charge on any atom is -0.478 e. The molecule has 10 heteroatoms. The predicted octanol–water partition coefficient (Wildman–Crippen LogP) is 2.75. The summed E-state index contributed by atoms with van der Waals surface area (Å²) in [4.78, 5) is 24.1. The predicted molar refractivity (Wildman–Crippen MR) is 130 cm³/mol. The molecule has 1 aromatic carbocycles. The number of thioether (sulfide) groups is 2. The van der Waals surface area contributed by atoms with E-state index in [1.165, 1.54) is 12.1 Å². The molecule has 1 fully saturated rings. The van der Waals surface area contributed by atoms with Crippen LogP contribution in [0.4, 0.5) is 0 Å². The molecule has 33 heavy (non-hydrogen) atoms. The van der Waals surface area contributed by atoms with E-state index in [9.17, 15) is 9.59 Å². The first-order valence-electron chi connectivity index (χ1n) is 11.1. The molecular weight excluding hydrogens is 468 g/mol. The summed E-state index contributed by atoms with van der Waals surface area (Å²) in [6.07, 6.45) is 0. The van der Waals surface area contributed by atoms with E-state index in [0.29, 0.717) is 83.1 Å². The van der Waals surface area contributed by atoms with Gasteiger partial charge in [-0.15, -0.1) is 0 Å². The van der Waals surface area contributed by atoms with E-state index in [1.54, 1.807) is 35.7 Å². The molecule has 8 nitrogen and oxygen atoms in total. The van der Waals surface area contributed by atoms with Crippen molar-refractivity contribution in [3.63, 3.8) is 0 Å². The fraction of sp³-hybridized carbons (Fsp3) is 0.652. The van der Waals surface area contributed by atoms with Crippen molar-refractivity contribution in [2.24, 2.45) is 5.92 Å². The van der Waals surface area contributed by atoms with Gasteiger partial charge in [0.05, 0.1) is 71.6 Å². The second-order valence-corrected chi connectivity index (χ2v) is 9.46. The third-order valence-corrected chi connectivity index (χ3v) is 6.84. The largest absolute Gasteiger partial charge is 0.478 e. The Kier molecular flexibility index (Phi) is 15.5. The number of hydrogen-bond donors (Lipinski definition) is 1. The van der Waals surface area contributed by atoms with Crippen LogP contribution in [0, 0.1) is 5.92 Å². The lowest BCUT2D eigenvalue weighted by atomic mass is 10.00. The lowest BCUT2D eigenvalue weighted by Crippen LogP contribution is -2.21. The number of carbonyl (C=O) groups excluding carboxylic acids is 1. The number of aromatic carboxylic acids is 1. The van der Waals surface area contributed by atoms with Gasteiger partial charge in [-0.25, -0.2) is 4.79 Å².